The Bertz CT molecular complexity index is 412. The van der Waals surface area contributed by atoms with Gasteiger partial charge in [-0.25, -0.2) is 4.79 Å². The summed E-state index contributed by atoms with van der Waals surface area (Å²) in [6.45, 7) is 1.75. The normalized spacial score (nSPS) is 28.8. The molecular formula is C12H15NO3. The van der Waals surface area contributed by atoms with Crippen molar-refractivity contribution in [3.8, 4) is 0 Å². The smallest absolute Gasteiger partial charge is 0.339 e. The summed E-state index contributed by atoms with van der Waals surface area (Å²) in [5, 5.41) is 8.98. The monoisotopic (exact) mass is 221 g/mol. The van der Waals surface area contributed by atoms with E-state index in [0.717, 1.165) is 12.5 Å². The number of hydrogen-bond donors (Lipinski definition) is 1. The predicted molar refractivity (Wildman–Crippen MR) is 57.2 cm³/mol. The molecular weight excluding hydrogens is 206 g/mol. The molecule has 0 spiro atoms. The van der Waals surface area contributed by atoms with Crippen molar-refractivity contribution >= 4 is 5.97 Å². The van der Waals surface area contributed by atoms with Crippen LogP contribution >= 0.6 is 0 Å². The minimum Gasteiger partial charge on any atom is -0.478 e. The Labute approximate surface area is 93.8 Å². The fourth-order valence-electron chi connectivity index (χ4n) is 3.06. The van der Waals surface area contributed by atoms with E-state index in [1.54, 1.807) is 0 Å². The van der Waals surface area contributed by atoms with Gasteiger partial charge >= 0.3 is 5.97 Å². The van der Waals surface area contributed by atoms with E-state index >= 15 is 0 Å². The lowest BCUT2D eigenvalue weighted by Crippen LogP contribution is -2.31. The lowest BCUT2D eigenvalue weighted by molar-refractivity contribution is 0.0691. The van der Waals surface area contributed by atoms with Crippen molar-refractivity contribution in [1.29, 1.82) is 0 Å². The number of rotatable bonds is 3. The first-order chi connectivity index (χ1) is 7.74. The Morgan fingerprint density at radius 3 is 3.06 bits per heavy atom. The van der Waals surface area contributed by atoms with Crippen LogP contribution in [0.15, 0.2) is 16.7 Å². The van der Waals surface area contributed by atoms with E-state index < -0.39 is 5.97 Å². The molecule has 2 bridgehead atoms. The summed E-state index contributed by atoms with van der Waals surface area (Å²) in [6, 6.07) is 2.18. The van der Waals surface area contributed by atoms with Crippen molar-refractivity contribution in [2.24, 2.45) is 5.92 Å². The van der Waals surface area contributed by atoms with Crippen LogP contribution in [-0.4, -0.2) is 28.6 Å². The number of nitrogens with zero attached hydrogens (tertiary/aromatic N) is 1. The number of aromatic carboxylic acids is 1. The quantitative estimate of drug-likeness (QED) is 0.847. The van der Waals surface area contributed by atoms with Crippen LogP contribution in [-0.2, 0) is 6.54 Å². The van der Waals surface area contributed by atoms with E-state index in [9.17, 15) is 4.79 Å². The Morgan fingerprint density at radius 2 is 2.44 bits per heavy atom. The fourth-order valence-corrected chi connectivity index (χ4v) is 3.06. The molecule has 4 nitrogen and oxygen atoms in total. The summed E-state index contributed by atoms with van der Waals surface area (Å²) >= 11 is 0. The van der Waals surface area contributed by atoms with Crippen LogP contribution in [0.4, 0.5) is 0 Å². The zero-order valence-corrected chi connectivity index (χ0v) is 9.06. The van der Waals surface area contributed by atoms with Gasteiger partial charge in [0.1, 0.15) is 11.3 Å². The first kappa shape index (κ1) is 9.90. The maximum Gasteiger partial charge on any atom is 0.339 e. The third-order valence-electron chi connectivity index (χ3n) is 3.85. The van der Waals surface area contributed by atoms with Crippen LogP contribution in [0.3, 0.4) is 0 Å². The fraction of sp³-hybridized carbons (Fsp3) is 0.583. The summed E-state index contributed by atoms with van der Waals surface area (Å²) in [5.41, 5.74) is 0.308. The highest BCUT2D eigenvalue weighted by molar-refractivity contribution is 5.88. The predicted octanol–water partition coefficient (Wildman–Crippen LogP) is 1.96. The second-order valence-corrected chi connectivity index (χ2v) is 4.82. The van der Waals surface area contributed by atoms with Crippen LogP contribution in [0, 0.1) is 5.92 Å². The SMILES string of the molecule is O=C(O)c1ccoc1CN1CC2CCC1C2. The van der Waals surface area contributed by atoms with Crippen molar-refractivity contribution < 1.29 is 14.3 Å². The van der Waals surface area contributed by atoms with Gasteiger partial charge in [0.15, 0.2) is 0 Å². The molecule has 0 amide bonds. The van der Waals surface area contributed by atoms with Crippen molar-refractivity contribution in [2.75, 3.05) is 6.54 Å². The zero-order valence-electron chi connectivity index (χ0n) is 9.06. The zero-order chi connectivity index (χ0) is 11.1. The molecule has 3 rings (SSSR count). The molecule has 2 fully saturated rings. The molecule has 0 radical (unpaired) electrons. The molecule has 4 heteroatoms. The Hall–Kier alpha value is -1.29. The number of carboxylic acids is 1. The topological polar surface area (TPSA) is 53.7 Å². The van der Waals surface area contributed by atoms with Gasteiger partial charge in [-0.05, 0) is 31.2 Å². The van der Waals surface area contributed by atoms with Crippen LogP contribution < -0.4 is 0 Å². The van der Waals surface area contributed by atoms with Gasteiger partial charge in [-0.3, -0.25) is 4.90 Å². The molecule has 2 heterocycles. The van der Waals surface area contributed by atoms with Gasteiger partial charge in [0.05, 0.1) is 12.8 Å². The van der Waals surface area contributed by atoms with E-state index in [1.807, 2.05) is 0 Å². The average molecular weight is 221 g/mol. The molecule has 1 saturated carbocycles. The highest BCUT2D eigenvalue weighted by atomic mass is 16.4. The number of piperidine rings is 1. The maximum atomic E-state index is 10.9. The standard InChI is InChI=1S/C12H15NO3/c14-12(15)10-3-4-16-11(10)7-13-6-8-1-2-9(13)5-8/h3-4,8-9H,1-2,5-7H2,(H,14,15). The molecule has 1 aliphatic carbocycles. The number of furan rings is 1. The molecule has 2 atom stereocenters. The highest BCUT2D eigenvalue weighted by Crippen LogP contribution is 2.38. The van der Waals surface area contributed by atoms with E-state index in [4.69, 9.17) is 9.52 Å². The van der Waals surface area contributed by atoms with Crippen LogP contribution in [0.25, 0.3) is 0 Å². The van der Waals surface area contributed by atoms with E-state index in [2.05, 4.69) is 4.90 Å². The van der Waals surface area contributed by atoms with Gasteiger partial charge in [-0.1, -0.05) is 0 Å². The summed E-state index contributed by atoms with van der Waals surface area (Å²) in [6.07, 6.45) is 5.34. The largest absolute Gasteiger partial charge is 0.478 e. The van der Waals surface area contributed by atoms with Gasteiger partial charge in [0.25, 0.3) is 0 Å². The molecule has 0 aromatic carbocycles. The first-order valence-corrected chi connectivity index (χ1v) is 5.78. The van der Waals surface area contributed by atoms with E-state index in [0.29, 0.717) is 23.9 Å². The Kier molecular flexibility index (Phi) is 2.24. The number of fused-ring (bicyclic) bond motifs is 2. The molecule has 1 saturated heterocycles. The maximum absolute atomic E-state index is 10.9. The molecule has 2 aliphatic rings. The number of hydrogen-bond acceptors (Lipinski definition) is 3. The molecule has 1 N–H and O–H groups in total. The van der Waals surface area contributed by atoms with E-state index in [-0.39, 0.29) is 0 Å². The summed E-state index contributed by atoms with van der Waals surface area (Å²) in [5.74, 6) is 0.529. The third kappa shape index (κ3) is 1.53. The second-order valence-electron chi connectivity index (χ2n) is 4.82. The molecule has 2 unspecified atom stereocenters. The lowest BCUT2D eigenvalue weighted by Gasteiger charge is -2.25. The van der Waals surface area contributed by atoms with Crippen LogP contribution in [0.1, 0.15) is 35.4 Å². The average Bonchev–Trinajstić information content (AvgIpc) is 2.91. The van der Waals surface area contributed by atoms with Crippen LogP contribution in [0.5, 0.6) is 0 Å². The molecule has 1 aliphatic heterocycles. The third-order valence-corrected chi connectivity index (χ3v) is 3.85. The van der Waals surface area contributed by atoms with E-state index in [1.165, 1.54) is 31.6 Å². The summed E-state index contributed by atoms with van der Waals surface area (Å²) in [7, 11) is 0. The van der Waals surface area contributed by atoms with Gasteiger partial charge < -0.3 is 9.52 Å². The van der Waals surface area contributed by atoms with Gasteiger partial charge in [0, 0.05) is 12.6 Å². The van der Waals surface area contributed by atoms with Crippen molar-refractivity contribution in [2.45, 2.75) is 31.8 Å². The highest BCUT2D eigenvalue weighted by Gasteiger charge is 2.38. The molecule has 16 heavy (non-hydrogen) atoms. The van der Waals surface area contributed by atoms with Gasteiger partial charge in [-0.2, -0.15) is 0 Å². The minimum absolute atomic E-state index is 0.308. The van der Waals surface area contributed by atoms with Gasteiger partial charge in [-0.15, -0.1) is 0 Å². The van der Waals surface area contributed by atoms with Crippen molar-refractivity contribution in [1.82, 2.24) is 4.90 Å². The van der Waals surface area contributed by atoms with Crippen molar-refractivity contribution in [3.05, 3.63) is 23.7 Å². The molecule has 1 aromatic heterocycles. The summed E-state index contributed by atoms with van der Waals surface area (Å²) < 4.78 is 5.27. The summed E-state index contributed by atoms with van der Waals surface area (Å²) in [4.78, 5) is 13.3. The Morgan fingerprint density at radius 1 is 1.56 bits per heavy atom. The minimum atomic E-state index is -0.895. The number of carbonyl (C=O) groups is 1. The Balaban J connectivity index is 1.74. The number of carboxylic acid groups (broad SMARTS) is 1. The second kappa shape index (κ2) is 3.63. The first-order valence-electron chi connectivity index (χ1n) is 5.78. The molecule has 1 aromatic rings. The lowest BCUT2D eigenvalue weighted by atomic mass is 10.1. The molecule has 86 valence electrons. The van der Waals surface area contributed by atoms with Gasteiger partial charge in [0.2, 0.25) is 0 Å². The van der Waals surface area contributed by atoms with Crippen molar-refractivity contribution in [3.63, 3.8) is 0 Å². The van der Waals surface area contributed by atoms with Crippen LogP contribution in [0.2, 0.25) is 0 Å². The number of likely N-dealkylation sites (tertiary alicyclic amines) is 1.